The van der Waals surface area contributed by atoms with E-state index in [1.807, 2.05) is 12.1 Å². The van der Waals surface area contributed by atoms with Crippen molar-refractivity contribution in [3.8, 4) is 0 Å². The van der Waals surface area contributed by atoms with Gasteiger partial charge in [0, 0.05) is 17.1 Å². The van der Waals surface area contributed by atoms with Gasteiger partial charge in [-0.2, -0.15) is 0 Å². The monoisotopic (exact) mass is 330 g/mol. The highest BCUT2D eigenvalue weighted by Crippen LogP contribution is 2.25. The number of halogens is 2. The lowest BCUT2D eigenvalue weighted by Crippen LogP contribution is -2.30. The Balaban J connectivity index is 1.85. The number of hydrogen-bond donors (Lipinski definition) is 2. The molecule has 0 spiro atoms. The molecule has 2 N–H and O–H groups in total. The van der Waals surface area contributed by atoms with Crippen LogP contribution in [0.3, 0.4) is 0 Å². The fourth-order valence-electron chi connectivity index (χ4n) is 2.14. The molecule has 0 saturated carbocycles. The predicted molar refractivity (Wildman–Crippen MR) is 77.1 cm³/mol. The second-order valence-electron chi connectivity index (χ2n) is 4.44. The molecule has 1 aliphatic heterocycles. The number of rotatable bonds is 4. The summed E-state index contributed by atoms with van der Waals surface area (Å²) in [7, 11) is 0. The Kier molecular flexibility index (Phi) is 5.03. The standard InChI is InChI=1S/C13H16BrClN2O/c14-11-5-1-4-10(12(11)15)13(18)17-8-6-9-3-2-7-16-9/h1,4-5,9,16H,2-3,6-8H2,(H,17,18). The maximum Gasteiger partial charge on any atom is 0.252 e. The molecule has 0 bridgehead atoms. The Bertz CT molecular complexity index is 433. The highest BCUT2D eigenvalue weighted by Gasteiger charge is 2.15. The fraction of sp³-hybridized carbons (Fsp3) is 0.462. The van der Waals surface area contributed by atoms with E-state index < -0.39 is 0 Å². The molecule has 0 aromatic heterocycles. The van der Waals surface area contributed by atoms with Gasteiger partial charge in [0.15, 0.2) is 0 Å². The van der Waals surface area contributed by atoms with Crippen molar-refractivity contribution in [1.82, 2.24) is 10.6 Å². The lowest BCUT2D eigenvalue weighted by atomic mass is 10.1. The molecule has 98 valence electrons. The summed E-state index contributed by atoms with van der Waals surface area (Å²) in [6.07, 6.45) is 3.40. The Morgan fingerprint density at radius 3 is 3.11 bits per heavy atom. The van der Waals surface area contributed by atoms with Crippen molar-refractivity contribution in [2.75, 3.05) is 13.1 Å². The van der Waals surface area contributed by atoms with E-state index in [-0.39, 0.29) is 5.91 Å². The van der Waals surface area contributed by atoms with Gasteiger partial charge < -0.3 is 10.6 Å². The predicted octanol–water partition coefficient (Wildman–Crippen LogP) is 2.97. The quantitative estimate of drug-likeness (QED) is 0.890. The van der Waals surface area contributed by atoms with Crippen molar-refractivity contribution >= 4 is 33.4 Å². The minimum atomic E-state index is -0.112. The minimum absolute atomic E-state index is 0.112. The van der Waals surface area contributed by atoms with E-state index in [2.05, 4.69) is 26.6 Å². The summed E-state index contributed by atoms with van der Waals surface area (Å²) in [6, 6.07) is 5.91. The van der Waals surface area contributed by atoms with E-state index in [4.69, 9.17) is 11.6 Å². The fourth-order valence-corrected chi connectivity index (χ4v) is 2.72. The van der Waals surface area contributed by atoms with Crippen LogP contribution in [0.5, 0.6) is 0 Å². The van der Waals surface area contributed by atoms with Crippen molar-refractivity contribution in [3.63, 3.8) is 0 Å². The topological polar surface area (TPSA) is 41.1 Å². The van der Waals surface area contributed by atoms with Gasteiger partial charge in [-0.1, -0.05) is 17.7 Å². The van der Waals surface area contributed by atoms with E-state index in [1.165, 1.54) is 12.8 Å². The van der Waals surface area contributed by atoms with Crippen LogP contribution >= 0.6 is 27.5 Å². The van der Waals surface area contributed by atoms with Gasteiger partial charge in [-0.05, 0) is 53.9 Å². The van der Waals surface area contributed by atoms with Gasteiger partial charge in [-0.15, -0.1) is 0 Å². The summed E-state index contributed by atoms with van der Waals surface area (Å²) in [6.45, 7) is 1.77. The summed E-state index contributed by atoms with van der Waals surface area (Å²) in [5.74, 6) is -0.112. The van der Waals surface area contributed by atoms with Gasteiger partial charge in [0.2, 0.25) is 0 Å². The minimum Gasteiger partial charge on any atom is -0.352 e. The third kappa shape index (κ3) is 3.46. The van der Waals surface area contributed by atoms with Crippen molar-refractivity contribution in [2.45, 2.75) is 25.3 Å². The van der Waals surface area contributed by atoms with Gasteiger partial charge in [0.25, 0.3) is 5.91 Å². The molecule has 1 saturated heterocycles. The summed E-state index contributed by atoms with van der Waals surface area (Å²) >= 11 is 9.39. The second-order valence-corrected chi connectivity index (χ2v) is 5.67. The summed E-state index contributed by atoms with van der Waals surface area (Å²) in [5.41, 5.74) is 0.519. The molecular formula is C13H16BrClN2O. The van der Waals surface area contributed by atoms with E-state index >= 15 is 0 Å². The Hall–Kier alpha value is -0.580. The Morgan fingerprint density at radius 1 is 1.56 bits per heavy atom. The first kappa shape index (κ1) is 13.8. The van der Waals surface area contributed by atoms with E-state index in [1.54, 1.807) is 6.07 Å². The Labute approximate surface area is 120 Å². The summed E-state index contributed by atoms with van der Waals surface area (Å²) < 4.78 is 0.745. The van der Waals surface area contributed by atoms with Crippen LogP contribution < -0.4 is 10.6 Å². The molecule has 1 aromatic rings. The van der Waals surface area contributed by atoms with Gasteiger partial charge >= 0.3 is 0 Å². The van der Waals surface area contributed by atoms with Crippen LogP contribution in [0.15, 0.2) is 22.7 Å². The first-order chi connectivity index (χ1) is 8.68. The molecule has 1 unspecified atom stereocenters. The molecule has 2 rings (SSSR count). The maximum absolute atomic E-state index is 12.0. The first-order valence-corrected chi connectivity index (χ1v) is 7.31. The number of hydrogen-bond acceptors (Lipinski definition) is 2. The van der Waals surface area contributed by atoms with Crippen molar-refractivity contribution in [2.24, 2.45) is 0 Å². The van der Waals surface area contributed by atoms with Crippen molar-refractivity contribution in [1.29, 1.82) is 0 Å². The van der Waals surface area contributed by atoms with Crippen LogP contribution in [0.4, 0.5) is 0 Å². The average Bonchev–Trinajstić information content (AvgIpc) is 2.85. The molecule has 1 fully saturated rings. The van der Waals surface area contributed by atoms with Crippen LogP contribution in [0.1, 0.15) is 29.6 Å². The molecule has 5 heteroatoms. The van der Waals surface area contributed by atoms with Crippen LogP contribution in [0.2, 0.25) is 5.02 Å². The molecule has 1 aromatic carbocycles. The van der Waals surface area contributed by atoms with Crippen LogP contribution in [0, 0.1) is 0 Å². The lowest BCUT2D eigenvalue weighted by molar-refractivity contribution is 0.0952. The molecule has 3 nitrogen and oxygen atoms in total. The molecule has 1 heterocycles. The smallest absolute Gasteiger partial charge is 0.252 e. The summed E-state index contributed by atoms with van der Waals surface area (Å²) in [5, 5.41) is 6.78. The van der Waals surface area contributed by atoms with Crippen molar-refractivity contribution in [3.05, 3.63) is 33.3 Å². The summed E-state index contributed by atoms with van der Waals surface area (Å²) in [4.78, 5) is 12.0. The normalized spacial score (nSPS) is 18.9. The lowest BCUT2D eigenvalue weighted by Gasteiger charge is -2.11. The second kappa shape index (κ2) is 6.55. The zero-order chi connectivity index (χ0) is 13.0. The van der Waals surface area contributed by atoms with Gasteiger partial charge in [-0.3, -0.25) is 4.79 Å². The number of amides is 1. The molecule has 1 atom stereocenters. The van der Waals surface area contributed by atoms with Gasteiger partial charge in [0.1, 0.15) is 0 Å². The molecular weight excluding hydrogens is 316 g/mol. The molecule has 1 aliphatic rings. The SMILES string of the molecule is O=C(NCCC1CCCN1)c1cccc(Br)c1Cl. The molecule has 0 aliphatic carbocycles. The third-order valence-corrected chi connectivity index (χ3v) is 4.43. The first-order valence-electron chi connectivity index (χ1n) is 6.14. The van der Waals surface area contributed by atoms with E-state index in [0.717, 1.165) is 17.4 Å². The molecule has 18 heavy (non-hydrogen) atoms. The number of nitrogens with one attached hydrogen (secondary N) is 2. The van der Waals surface area contributed by atoms with E-state index in [0.29, 0.717) is 23.2 Å². The average molecular weight is 332 g/mol. The zero-order valence-corrected chi connectivity index (χ0v) is 12.4. The number of benzene rings is 1. The number of carbonyl (C=O) groups is 1. The maximum atomic E-state index is 12.0. The third-order valence-electron chi connectivity index (χ3n) is 3.14. The van der Waals surface area contributed by atoms with E-state index in [9.17, 15) is 4.79 Å². The van der Waals surface area contributed by atoms with Crippen LogP contribution in [-0.4, -0.2) is 25.0 Å². The number of carbonyl (C=O) groups excluding carboxylic acids is 1. The highest BCUT2D eigenvalue weighted by molar-refractivity contribution is 9.10. The highest BCUT2D eigenvalue weighted by atomic mass is 79.9. The molecule has 0 radical (unpaired) electrons. The zero-order valence-electron chi connectivity index (χ0n) is 10.0. The molecule has 1 amide bonds. The van der Waals surface area contributed by atoms with Crippen molar-refractivity contribution < 1.29 is 4.79 Å². The van der Waals surface area contributed by atoms with Crippen LogP contribution in [0.25, 0.3) is 0 Å². The Morgan fingerprint density at radius 2 is 2.39 bits per heavy atom. The van der Waals surface area contributed by atoms with Gasteiger partial charge in [-0.25, -0.2) is 0 Å². The largest absolute Gasteiger partial charge is 0.352 e. The van der Waals surface area contributed by atoms with Crippen LogP contribution in [-0.2, 0) is 0 Å². The van der Waals surface area contributed by atoms with Gasteiger partial charge in [0.05, 0.1) is 10.6 Å².